The number of amides is 1. The maximum absolute atomic E-state index is 12.8. The lowest BCUT2D eigenvalue weighted by molar-refractivity contribution is 0.102. The van der Waals surface area contributed by atoms with Gasteiger partial charge in [0.15, 0.2) is 0 Å². The van der Waals surface area contributed by atoms with Gasteiger partial charge in [-0.1, -0.05) is 45.9 Å². The minimum Gasteiger partial charge on any atom is -0.356 e. The van der Waals surface area contributed by atoms with Crippen LogP contribution < -0.4 is 10.2 Å². The average Bonchev–Trinajstić information content (AvgIpc) is 2.61. The van der Waals surface area contributed by atoms with Crippen molar-refractivity contribution >= 4 is 17.4 Å². The highest BCUT2D eigenvalue weighted by molar-refractivity contribution is 6.05. The first-order chi connectivity index (χ1) is 12.3. The number of rotatable bonds is 3. The van der Waals surface area contributed by atoms with Crippen molar-refractivity contribution in [2.45, 2.75) is 46.0 Å². The van der Waals surface area contributed by atoms with Gasteiger partial charge in [-0.05, 0) is 47.9 Å². The largest absolute Gasteiger partial charge is 0.356 e. The van der Waals surface area contributed by atoms with Gasteiger partial charge in [0.25, 0.3) is 5.91 Å². The summed E-state index contributed by atoms with van der Waals surface area (Å²) < 4.78 is 0. The number of para-hydroxylation sites is 1. The van der Waals surface area contributed by atoms with Crippen molar-refractivity contribution in [3.8, 4) is 0 Å². The van der Waals surface area contributed by atoms with Crippen LogP contribution in [-0.2, 0) is 5.41 Å². The quantitative estimate of drug-likeness (QED) is 0.858. The second-order valence-electron chi connectivity index (χ2n) is 8.35. The van der Waals surface area contributed by atoms with Crippen LogP contribution in [0.4, 0.5) is 11.5 Å². The fourth-order valence-corrected chi connectivity index (χ4v) is 3.57. The lowest BCUT2D eigenvalue weighted by Gasteiger charge is -2.32. The molecule has 0 radical (unpaired) electrons. The van der Waals surface area contributed by atoms with Gasteiger partial charge in [-0.3, -0.25) is 4.79 Å². The molecule has 0 bridgehead atoms. The van der Waals surface area contributed by atoms with Crippen LogP contribution in [-0.4, -0.2) is 24.0 Å². The molecule has 1 aliphatic rings. The van der Waals surface area contributed by atoms with Gasteiger partial charge >= 0.3 is 0 Å². The van der Waals surface area contributed by atoms with Crippen molar-refractivity contribution in [1.29, 1.82) is 0 Å². The lowest BCUT2D eigenvalue weighted by atomic mass is 9.86. The summed E-state index contributed by atoms with van der Waals surface area (Å²) in [4.78, 5) is 19.6. The SMILES string of the molecule is CC1CCCN(c2cc(C(=O)Nc3ccccc3C(C)(C)C)ccn2)C1. The summed E-state index contributed by atoms with van der Waals surface area (Å²) in [7, 11) is 0. The molecule has 3 rings (SSSR count). The van der Waals surface area contributed by atoms with Crippen molar-refractivity contribution in [2.24, 2.45) is 5.92 Å². The van der Waals surface area contributed by atoms with Crippen molar-refractivity contribution in [2.75, 3.05) is 23.3 Å². The topological polar surface area (TPSA) is 45.2 Å². The summed E-state index contributed by atoms with van der Waals surface area (Å²) >= 11 is 0. The van der Waals surface area contributed by atoms with E-state index >= 15 is 0 Å². The van der Waals surface area contributed by atoms with Crippen molar-refractivity contribution in [3.63, 3.8) is 0 Å². The summed E-state index contributed by atoms with van der Waals surface area (Å²) in [6, 6.07) is 11.7. The molecule has 1 fully saturated rings. The standard InChI is InChI=1S/C22H29N3O/c1-16-8-7-13-25(15-16)20-14-17(11-12-23-20)21(26)24-19-10-6-5-9-18(19)22(2,3)4/h5-6,9-12,14,16H,7-8,13,15H2,1-4H3,(H,24,26). The van der Waals surface area contributed by atoms with E-state index in [2.05, 4.69) is 49.0 Å². The number of benzene rings is 1. The number of nitrogens with one attached hydrogen (secondary N) is 1. The van der Waals surface area contributed by atoms with E-state index in [4.69, 9.17) is 0 Å². The van der Waals surface area contributed by atoms with Gasteiger partial charge in [0, 0.05) is 30.5 Å². The Morgan fingerprint density at radius 1 is 1.23 bits per heavy atom. The molecular formula is C22H29N3O. The zero-order valence-electron chi connectivity index (χ0n) is 16.2. The minimum absolute atomic E-state index is 0.0305. The highest BCUT2D eigenvalue weighted by Crippen LogP contribution is 2.29. The Kier molecular flexibility index (Phi) is 5.30. The van der Waals surface area contributed by atoms with Gasteiger partial charge in [-0.25, -0.2) is 4.98 Å². The molecule has 0 saturated carbocycles. The third-order valence-corrected chi connectivity index (χ3v) is 4.97. The Hall–Kier alpha value is -2.36. The van der Waals surface area contributed by atoms with E-state index in [0.29, 0.717) is 11.5 Å². The van der Waals surface area contributed by atoms with Gasteiger partial charge in [-0.2, -0.15) is 0 Å². The summed E-state index contributed by atoms with van der Waals surface area (Å²) in [6.07, 6.45) is 4.18. The van der Waals surface area contributed by atoms with Crippen LogP contribution in [0, 0.1) is 5.92 Å². The minimum atomic E-state index is -0.0876. The molecule has 2 heterocycles. The second kappa shape index (κ2) is 7.48. The first-order valence-corrected chi connectivity index (χ1v) is 9.46. The van der Waals surface area contributed by atoms with Gasteiger partial charge in [0.1, 0.15) is 5.82 Å². The first-order valence-electron chi connectivity index (χ1n) is 9.46. The predicted molar refractivity (Wildman–Crippen MR) is 108 cm³/mol. The Morgan fingerprint density at radius 2 is 2.00 bits per heavy atom. The van der Waals surface area contributed by atoms with E-state index in [1.807, 2.05) is 24.3 Å². The van der Waals surface area contributed by atoms with Crippen molar-refractivity contribution in [1.82, 2.24) is 4.98 Å². The smallest absolute Gasteiger partial charge is 0.255 e. The van der Waals surface area contributed by atoms with Crippen molar-refractivity contribution in [3.05, 3.63) is 53.7 Å². The van der Waals surface area contributed by atoms with Crippen LogP contribution in [0.1, 0.15) is 56.5 Å². The zero-order valence-corrected chi connectivity index (χ0v) is 16.2. The van der Waals surface area contributed by atoms with Gasteiger partial charge < -0.3 is 10.2 Å². The lowest BCUT2D eigenvalue weighted by Crippen LogP contribution is -2.34. The van der Waals surface area contributed by atoms with Crippen molar-refractivity contribution < 1.29 is 4.79 Å². The number of carbonyl (C=O) groups is 1. The van der Waals surface area contributed by atoms with E-state index in [1.54, 1.807) is 12.3 Å². The van der Waals surface area contributed by atoms with Crippen LogP contribution in [0.25, 0.3) is 0 Å². The monoisotopic (exact) mass is 351 g/mol. The molecule has 1 saturated heterocycles. The summed E-state index contributed by atoms with van der Waals surface area (Å²) in [5.41, 5.74) is 2.62. The molecule has 1 amide bonds. The average molecular weight is 351 g/mol. The number of hydrogen-bond acceptors (Lipinski definition) is 3. The van der Waals surface area contributed by atoms with E-state index in [9.17, 15) is 4.79 Å². The van der Waals surface area contributed by atoms with E-state index in [-0.39, 0.29) is 11.3 Å². The van der Waals surface area contributed by atoms with Crippen LogP contribution in [0.5, 0.6) is 0 Å². The molecule has 1 unspecified atom stereocenters. The highest BCUT2D eigenvalue weighted by Gasteiger charge is 2.21. The maximum Gasteiger partial charge on any atom is 0.255 e. The molecule has 1 atom stereocenters. The third kappa shape index (κ3) is 4.24. The number of carbonyl (C=O) groups excluding carboxylic acids is 1. The summed E-state index contributed by atoms with van der Waals surface area (Å²) in [5, 5.41) is 3.09. The number of anilines is 2. The molecule has 26 heavy (non-hydrogen) atoms. The molecule has 1 aromatic carbocycles. The molecule has 1 aromatic heterocycles. The third-order valence-electron chi connectivity index (χ3n) is 4.97. The fourth-order valence-electron chi connectivity index (χ4n) is 3.57. The molecule has 4 heteroatoms. The molecule has 1 N–H and O–H groups in total. The normalized spacial score (nSPS) is 17.8. The van der Waals surface area contributed by atoms with Gasteiger partial charge in [0.2, 0.25) is 0 Å². The Bertz CT molecular complexity index is 779. The number of piperidine rings is 1. The van der Waals surface area contributed by atoms with Gasteiger partial charge in [-0.15, -0.1) is 0 Å². The Morgan fingerprint density at radius 3 is 2.73 bits per heavy atom. The molecule has 0 aliphatic carbocycles. The summed E-state index contributed by atoms with van der Waals surface area (Å²) in [6.45, 7) is 10.7. The first kappa shape index (κ1) is 18.4. The highest BCUT2D eigenvalue weighted by atomic mass is 16.1. The Balaban J connectivity index is 1.80. The molecule has 1 aliphatic heterocycles. The number of nitrogens with zero attached hydrogens (tertiary/aromatic N) is 2. The molecular weight excluding hydrogens is 322 g/mol. The fraction of sp³-hybridized carbons (Fsp3) is 0.455. The van der Waals surface area contributed by atoms with Crippen LogP contribution in [0.2, 0.25) is 0 Å². The zero-order chi connectivity index (χ0) is 18.7. The van der Waals surface area contributed by atoms with E-state index in [1.165, 1.54) is 12.8 Å². The van der Waals surface area contributed by atoms with Crippen LogP contribution in [0.15, 0.2) is 42.6 Å². The number of hydrogen-bond donors (Lipinski definition) is 1. The molecule has 0 spiro atoms. The van der Waals surface area contributed by atoms with E-state index in [0.717, 1.165) is 30.2 Å². The summed E-state index contributed by atoms with van der Waals surface area (Å²) in [5.74, 6) is 1.48. The molecule has 4 nitrogen and oxygen atoms in total. The number of pyridine rings is 1. The second-order valence-corrected chi connectivity index (χ2v) is 8.35. The van der Waals surface area contributed by atoms with E-state index < -0.39 is 0 Å². The molecule has 138 valence electrons. The van der Waals surface area contributed by atoms with Gasteiger partial charge in [0.05, 0.1) is 0 Å². The number of aromatic nitrogens is 1. The van der Waals surface area contributed by atoms with Crippen LogP contribution >= 0.6 is 0 Å². The maximum atomic E-state index is 12.8. The van der Waals surface area contributed by atoms with Crippen LogP contribution in [0.3, 0.4) is 0 Å². The Labute approximate surface area is 156 Å². The predicted octanol–water partition coefficient (Wildman–Crippen LogP) is 4.87. The molecule has 2 aromatic rings.